The van der Waals surface area contributed by atoms with Crippen LogP contribution in [-0.2, 0) is 53.0 Å². The number of nitrogens with one attached hydrogen (secondary N) is 1. The molecule has 1 heterocycles. The fraction of sp³-hybridized carbons (Fsp3) is 0.643. The Morgan fingerprint density at radius 1 is 1.16 bits per heavy atom. The minimum Gasteiger partial charge on any atom is -0.726 e. The van der Waals surface area contributed by atoms with Crippen LogP contribution in [0.25, 0.3) is 0 Å². The van der Waals surface area contributed by atoms with Crippen LogP contribution in [0.5, 0.6) is 0 Å². The second-order valence-electron chi connectivity index (χ2n) is 6.48. The SMILES string of the molecule is CC(=O)N[C@@H](C=O)[C@@H](O[C@@H]1OC(C(=O)[O-])=C[C@H](O)[C@H]1OS(=O)(=O)[O-])[C@@H](O)[C@H](O)COS(=O)(=O)[O-].[Na+].[Na+].[Na+]. The molecule has 0 unspecified atom stereocenters. The van der Waals surface area contributed by atoms with Crippen LogP contribution in [0.3, 0.4) is 0 Å². The molecule has 1 aliphatic heterocycles. The predicted molar refractivity (Wildman–Crippen MR) is 94.7 cm³/mol. The van der Waals surface area contributed by atoms with Crippen LogP contribution in [0, 0.1) is 0 Å². The summed E-state index contributed by atoms with van der Waals surface area (Å²) in [5.41, 5.74) is 0. The fourth-order valence-corrected chi connectivity index (χ4v) is 3.32. The van der Waals surface area contributed by atoms with Crippen LogP contribution < -0.4 is 99.1 Å². The standard InChI is InChI=1S/C14H21NO17S2.3Na/c1-5(17)15-6(3-16)11(10(20)8(19)4-29-33(23,24)25)31-14-12(32-34(26,27)28)7(18)2-9(30-14)13(21)22;;;/h2-3,6-8,10-12,14,18-20H,4H2,1H3,(H,15,17)(H,21,22)(H,23,24,25)(H,26,27,28);;;/q;3*+1/p-3/t6-,7-,8+,10-,11+,12+,14-;;;/m0.../s1. The second-order valence-corrected chi connectivity index (χ2v) is 8.54. The molecule has 1 rings (SSSR count). The van der Waals surface area contributed by atoms with E-state index in [0.29, 0.717) is 6.08 Å². The molecule has 7 atom stereocenters. The van der Waals surface area contributed by atoms with E-state index in [1.807, 2.05) is 5.32 Å². The van der Waals surface area contributed by atoms with Crippen molar-refractivity contribution in [1.82, 2.24) is 5.32 Å². The summed E-state index contributed by atoms with van der Waals surface area (Å²) < 4.78 is 82.3. The average Bonchev–Trinajstić information content (AvgIpc) is 2.68. The predicted octanol–water partition coefficient (Wildman–Crippen LogP) is -15.5. The van der Waals surface area contributed by atoms with Gasteiger partial charge in [0.2, 0.25) is 33.0 Å². The summed E-state index contributed by atoms with van der Waals surface area (Å²) in [5.74, 6) is -4.17. The first kappa shape index (κ1) is 42.2. The van der Waals surface area contributed by atoms with Gasteiger partial charge in [-0.2, -0.15) is 0 Å². The molecule has 0 saturated carbocycles. The van der Waals surface area contributed by atoms with Crippen molar-refractivity contribution >= 4 is 39.0 Å². The Balaban J connectivity index is -0.00000385. The molecular weight excluding hydrogens is 587 g/mol. The Kier molecular flexibility index (Phi) is 20.8. The van der Waals surface area contributed by atoms with E-state index in [1.54, 1.807) is 0 Å². The molecular formula is C14H18NNa3O17S2. The van der Waals surface area contributed by atoms with E-state index in [0.717, 1.165) is 6.92 Å². The molecule has 4 N–H and O–H groups in total. The molecule has 0 spiro atoms. The molecule has 0 aliphatic carbocycles. The van der Waals surface area contributed by atoms with Crippen molar-refractivity contribution < 1.29 is 167 Å². The molecule has 0 fully saturated rings. The molecule has 0 radical (unpaired) electrons. The molecule has 196 valence electrons. The van der Waals surface area contributed by atoms with Crippen LogP contribution in [0.1, 0.15) is 6.92 Å². The summed E-state index contributed by atoms with van der Waals surface area (Å²) in [5, 5.41) is 43.3. The van der Waals surface area contributed by atoms with Crippen molar-refractivity contribution in [3.05, 3.63) is 11.8 Å². The number of carboxylic acid groups (broad SMARTS) is 1. The van der Waals surface area contributed by atoms with E-state index in [1.165, 1.54) is 0 Å². The summed E-state index contributed by atoms with van der Waals surface area (Å²) in [6, 6.07) is -1.94. The first-order chi connectivity index (χ1) is 15.4. The maximum Gasteiger partial charge on any atom is 1.00 e. The molecule has 23 heteroatoms. The van der Waals surface area contributed by atoms with E-state index < -0.39 is 87.9 Å². The number of rotatable bonds is 13. The van der Waals surface area contributed by atoms with Gasteiger partial charge in [-0.15, -0.1) is 0 Å². The zero-order chi connectivity index (χ0) is 26.4. The van der Waals surface area contributed by atoms with Gasteiger partial charge in [-0.25, -0.2) is 16.8 Å². The quantitative estimate of drug-likeness (QED) is 0.0655. The minimum absolute atomic E-state index is 0. The van der Waals surface area contributed by atoms with Crippen molar-refractivity contribution in [1.29, 1.82) is 0 Å². The van der Waals surface area contributed by atoms with Gasteiger partial charge in [-0.05, 0) is 6.08 Å². The van der Waals surface area contributed by atoms with Gasteiger partial charge in [0.25, 0.3) is 0 Å². The van der Waals surface area contributed by atoms with Gasteiger partial charge in [0.05, 0.1) is 6.61 Å². The minimum atomic E-state index is -5.60. The average molecular weight is 605 g/mol. The third kappa shape index (κ3) is 15.3. The molecule has 0 bridgehead atoms. The van der Waals surface area contributed by atoms with Crippen LogP contribution in [-0.4, -0.2) is 109 Å². The maximum atomic E-state index is 11.5. The summed E-state index contributed by atoms with van der Waals surface area (Å²) in [4.78, 5) is 33.9. The number of aliphatic carboxylic acids is 1. The molecule has 37 heavy (non-hydrogen) atoms. The summed E-state index contributed by atoms with van der Waals surface area (Å²) in [6.45, 7) is -0.511. The first-order valence-electron chi connectivity index (χ1n) is 8.71. The Morgan fingerprint density at radius 2 is 1.70 bits per heavy atom. The number of carboxylic acids is 1. The summed E-state index contributed by atoms with van der Waals surface area (Å²) >= 11 is 0. The fourth-order valence-electron chi connectivity index (χ4n) is 2.53. The second kappa shape index (κ2) is 18.2. The van der Waals surface area contributed by atoms with Crippen LogP contribution >= 0.6 is 0 Å². The summed E-state index contributed by atoms with van der Waals surface area (Å²) in [6.07, 6.45) is -13.7. The van der Waals surface area contributed by atoms with Crippen molar-refractivity contribution in [2.75, 3.05) is 6.61 Å². The van der Waals surface area contributed by atoms with E-state index in [4.69, 9.17) is 9.47 Å². The van der Waals surface area contributed by atoms with Gasteiger partial charge in [0, 0.05) is 6.92 Å². The molecule has 0 saturated heterocycles. The number of hydrogen-bond donors (Lipinski definition) is 4. The van der Waals surface area contributed by atoms with Gasteiger partial charge in [-0.3, -0.25) is 13.2 Å². The Hall–Kier alpha value is 0.730. The molecule has 0 aromatic rings. The zero-order valence-electron chi connectivity index (χ0n) is 19.8. The normalized spacial score (nSPS) is 22.6. The van der Waals surface area contributed by atoms with E-state index in [2.05, 4.69) is 8.37 Å². The number of carbonyl (C=O) groups is 3. The maximum absolute atomic E-state index is 11.5. The van der Waals surface area contributed by atoms with E-state index in [9.17, 15) is 60.8 Å². The molecule has 18 nitrogen and oxygen atoms in total. The monoisotopic (exact) mass is 605 g/mol. The largest absolute Gasteiger partial charge is 1.00 e. The van der Waals surface area contributed by atoms with Crippen molar-refractivity contribution in [3.8, 4) is 0 Å². The molecule has 1 amide bonds. The van der Waals surface area contributed by atoms with E-state index >= 15 is 0 Å². The van der Waals surface area contributed by atoms with Crippen LogP contribution in [0.4, 0.5) is 0 Å². The third-order valence-electron chi connectivity index (χ3n) is 3.88. The van der Waals surface area contributed by atoms with Gasteiger partial charge < -0.3 is 53.9 Å². The van der Waals surface area contributed by atoms with Crippen molar-refractivity contribution in [2.24, 2.45) is 0 Å². The smallest absolute Gasteiger partial charge is 0.726 e. The van der Waals surface area contributed by atoms with E-state index in [-0.39, 0.29) is 95.0 Å². The Bertz CT molecular complexity index is 1010. The number of aliphatic hydroxyl groups is 3. The van der Waals surface area contributed by atoms with Crippen LogP contribution in [0.15, 0.2) is 11.8 Å². The molecule has 0 aromatic heterocycles. The number of aldehydes is 1. The number of aliphatic hydroxyl groups excluding tert-OH is 3. The number of carbonyl (C=O) groups excluding carboxylic acids is 3. The topological polar surface area (TPSA) is 298 Å². The summed E-state index contributed by atoms with van der Waals surface area (Å²) in [7, 11) is -11.0. The van der Waals surface area contributed by atoms with Crippen molar-refractivity contribution in [3.63, 3.8) is 0 Å². The van der Waals surface area contributed by atoms with Gasteiger partial charge in [-0.1, -0.05) is 0 Å². The van der Waals surface area contributed by atoms with Gasteiger partial charge in [0.15, 0.2) is 6.10 Å². The first-order valence-corrected chi connectivity index (χ1v) is 11.4. The van der Waals surface area contributed by atoms with Gasteiger partial charge in [0.1, 0.15) is 48.5 Å². The number of hydrogen-bond acceptors (Lipinski definition) is 17. The zero-order valence-corrected chi connectivity index (χ0v) is 27.4. The van der Waals surface area contributed by atoms with Gasteiger partial charge >= 0.3 is 88.7 Å². The molecule has 0 aromatic carbocycles. The third-order valence-corrected chi connectivity index (χ3v) is 4.76. The number of ether oxygens (including phenoxy) is 2. The Labute approximate surface area is 276 Å². The number of amides is 1. The Morgan fingerprint density at radius 3 is 2.11 bits per heavy atom. The van der Waals surface area contributed by atoms with Crippen LogP contribution in [0.2, 0.25) is 0 Å². The molecule has 1 aliphatic rings. The van der Waals surface area contributed by atoms with Crippen molar-refractivity contribution in [2.45, 2.75) is 49.8 Å².